The molecule has 0 aromatic heterocycles. The van der Waals surface area contributed by atoms with Crippen molar-refractivity contribution in [2.24, 2.45) is 0 Å². The highest BCUT2D eigenvalue weighted by Gasteiger charge is 2.28. The van der Waals surface area contributed by atoms with Crippen LogP contribution in [0.5, 0.6) is 0 Å². The van der Waals surface area contributed by atoms with Gasteiger partial charge in [0.2, 0.25) is 0 Å². The lowest BCUT2D eigenvalue weighted by Gasteiger charge is -2.39. The van der Waals surface area contributed by atoms with Crippen molar-refractivity contribution in [2.45, 2.75) is 6.04 Å². The van der Waals surface area contributed by atoms with Gasteiger partial charge in [-0.05, 0) is 23.3 Å². The van der Waals surface area contributed by atoms with Gasteiger partial charge in [0.05, 0.1) is 19.3 Å². The van der Waals surface area contributed by atoms with E-state index in [9.17, 15) is 4.79 Å². The van der Waals surface area contributed by atoms with E-state index < -0.39 is 0 Å². The maximum atomic E-state index is 12.5. The van der Waals surface area contributed by atoms with Crippen LogP contribution < -0.4 is 0 Å². The van der Waals surface area contributed by atoms with Crippen molar-refractivity contribution in [1.29, 1.82) is 0 Å². The van der Waals surface area contributed by atoms with E-state index in [1.54, 1.807) is 0 Å². The SMILES string of the molecule is O=C(OCCN1CCOCC1)N1CCN(C(c2ccccc2)c2ccc(Cl)cc2)CC1. The normalized spacial score (nSPS) is 19.2. The number of rotatable bonds is 6. The molecular weight excluding hydrogens is 414 g/mol. The van der Waals surface area contributed by atoms with Gasteiger partial charge in [0.1, 0.15) is 6.61 Å². The third-order valence-electron chi connectivity index (χ3n) is 5.98. The van der Waals surface area contributed by atoms with E-state index in [0.29, 0.717) is 19.7 Å². The Bertz CT molecular complexity index is 820. The molecule has 0 spiro atoms. The molecule has 2 saturated heterocycles. The van der Waals surface area contributed by atoms with Crippen molar-refractivity contribution in [3.8, 4) is 0 Å². The number of ether oxygens (including phenoxy) is 2. The summed E-state index contributed by atoms with van der Waals surface area (Å²) in [5, 5.41) is 0.736. The van der Waals surface area contributed by atoms with E-state index in [1.165, 1.54) is 11.1 Å². The average Bonchev–Trinajstić information content (AvgIpc) is 2.82. The number of morpholine rings is 1. The number of carbonyl (C=O) groups excluding carboxylic acids is 1. The minimum Gasteiger partial charge on any atom is -0.448 e. The number of piperazine rings is 1. The standard InChI is InChI=1S/C24H30ClN3O3/c25-22-8-6-21(7-9-22)23(20-4-2-1-3-5-20)27-10-12-28(13-11-27)24(29)31-19-16-26-14-17-30-18-15-26/h1-9,23H,10-19H2. The molecule has 0 radical (unpaired) electrons. The predicted molar refractivity (Wildman–Crippen MR) is 121 cm³/mol. The number of carbonyl (C=O) groups is 1. The molecule has 2 aromatic carbocycles. The lowest BCUT2D eigenvalue weighted by Crippen LogP contribution is -2.50. The summed E-state index contributed by atoms with van der Waals surface area (Å²) in [6.07, 6.45) is -0.212. The molecule has 31 heavy (non-hydrogen) atoms. The highest BCUT2D eigenvalue weighted by molar-refractivity contribution is 6.30. The van der Waals surface area contributed by atoms with Crippen LogP contribution in [0.4, 0.5) is 4.79 Å². The maximum absolute atomic E-state index is 12.5. The van der Waals surface area contributed by atoms with Crippen molar-refractivity contribution in [2.75, 3.05) is 65.6 Å². The van der Waals surface area contributed by atoms with Gasteiger partial charge in [0.25, 0.3) is 0 Å². The molecule has 0 aliphatic carbocycles. The second kappa shape index (κ2) is 11.0. The quantitative estimate of drug-likeness (QED) is 0.683. The van der Waals surface area contributed by atoms with Crippen molar-refractivity contribution in [1.82, 2.24) is 14.7 Å². The summed E-state index contributed by atoms with van der Waals surface area (Å²) >= 11 is 6.11. The lowest BCUT2D eigenvalue weighted by atomic mass is 9.96. The van der Waals surface area contributed by atoms with Gasteiger partial charge in [0, 0.05) is 50.8 Å². The maximum Gasteiger partial charge on any atom is 0.409 e. The molecule has 0 saturated carbocycles. The number of hydrogen-bond acceptors (Lipinski definition) is 5. The average molecular weight is 444 g/mol. The van der Waals surface area contributed by atoms with Crippen LogP contribution in [0.3, 0.4) is 0 Å². The first-order valence-electron chi connectivity index (χ1n) is 11.0. The fourth-order valence-electron chi connectivity index (χ4n) is 4.24. The van der Waals surface area contributed by atoms with Gasteiger partial charge >= 0.3 is 6.09 Å². The van der Waals surface area contributed by atoms with Crippen molar-refractivity contribution >= 4 is 17.7 Å². The summed E-state index contributed by atoms with van der Waals surface area (Å²) in [4.78, 5) is 19.0. The summed E-state index contributed by atoms with van der Waals surface area (Å²) < 4.78 is 10.9. The van der Waals surface area contributed by atoms with E-state index in [-0.39, 0.29) is 12.1 Å². The minimum atomic E-state index is -0.212. The van der Waals surface area contributed by atoms with Gasteiger partial charge in [0.15, 0.2) is 0 Å². The zero-order valence-corrected chi connectivity index (χ0v) is 18.5. The number of nitrogens with zero attached hydrogens (tertiary/aromatic N) is 3. The molecule has 2 aliphatic rings. The Hall–Kier alpha value is -2.12. The van der Waals surface area contributed by atoms with Gasteiger partial charge in [-0.15, -0.1) is 0 Å². The van der Waals surface area contributed by atoms with Crippen molar-refractivity contribution in [3.05, 3.63) is 70.7 Å². The number of halogens is 1. The van der Waals surface area contributed by atoms with E-state index in [0.717, 1.165) is 51.0 Å². The van der Waals surface area contributed by atoms with Crippen LogP contribution in [0.2, 0.25) is 5.02 Å². The zero-order chi connectivity index (χ0) is 21.5. The van der Waals surface area contributed by atoms with Crippen LogP contribution in [0.25, 0.3) is 0 Å². The fraction of sp³-hybridized carbons (Fsp3) is 0.458. The van der Waals surface area contributed by atoms with Gasteiger partial charge < -0.3 is 14.4 Å². The Kier molecular flexibility index (Phi) is 7.81. The third kappa shape index (κ3) is 5.98. The Labute approximate surface area is 189 Å². The third-order valence-corrected chi connectivity index (χ3v) is 6.23. The molecule has 2 fully saturated rings. The molecule has 0 bridgehead atoms. The molecule has 1 atom stereocenters. The van der Waals surface area contributed by atoms with E-state index in [2.05, 4.69) is 46.2 Å². The first-order valence-corrected chi connectivity index (χ1v) is 11.3. The highest BCUT2D eigenvalue weighted by atomic mass is 35.5. The minimum absolute atomic E-state index is 0.137. The monoisotopic (exact) mass is 443 g/mol. The van der Waals surface area contributed by atoms with Crippen LogP contribution in [0.15, 0.2) is 54.6 Å². The Balaban J connectivity index is 1.33. The first-order chi connectivity index (χ1) is 15.2. The van der Waals surface area contributed by atoms with Crippen molar-refractivity contribution < 1.29 is 14.3 Å². The van der Waals surface area contributed by atoms with Gasteiger partial charge in [-0.25, -0.2) is 4.79 Å². The van der Waals surface area contributed by atoms with Crippen LogP contribution in [0, 0.1) is 0 Å². The smallest absolute Gasteiger partial charge is 0.409 e. The number of benzene rings is 2. The largest absolute Gasteiger partial charge is 0.448 e. The Morgan fingerprint density at radius 3 is 2.23 bits per heavy atom. The van der Waals surface area contributed by atoms with E-state index in [4.69, 9.17) is 21.1 Å². The zero-order valence-electron chi connectivity index (χ0n) is 17.8. The topological polar surface area (TPSA) is 45.2 Å². The molecule has 7 heteroatoms. The molecule has 1 amide bonds. The predicted octanol–water partition coefficient (Wildman–Crippen LogP) is 3.52. The van der Waals surface area contributed by atoms with Gasteiger partial charge in [-0.1, -0.05) is 54.1 Å². The summed E-state index contributed by atoms with van der Waals surface area (Å²) in [5.41, 5.74) is 2.45. The molecule has 2 aromatic rings. The molecule has 2 aliphatic heterocycles. The Morgan fingerprint density at radius 1 is 0.903 bits per heavy atom. The second-order valence-electron chi connectivity index (χ2n) is 7.96. The summed E-state index contributed by atoms with van der Waals surface area (Å²) in [6, 6.07) is 18.7. The van der Waals surface area contributed by atoms with E-state index in [1.807, 2.05) is 23.1 Å². The summed E-state index contributed by atoms with van der Waals surface area (Å²) in [5.74, 6) is 0. The van der Waals surface area contributed by atoms with Crippen LogP contribution >= 0.6 is 11.6 Å². The summed E-state index contributed by atoms with van der Waals surface area (Å²) in [7, 11) is 0. The van der Waals surface area contributed by atoms with Crippen LogP contribution in [-0.4, -0.2) is 86.4 Å². The molecule has 2 heterocycles. The first kappa shape index (κ1) is 22.1. The van der Waals surface area contributed by atoms with Crippen LogP contribution in [-0.2, 0) is 9.47 Å². The fourth-order valence-corrected chi connectivity index (χ4v) is 4.36. The molecule has 4 rings (SSSR count). The van der Waals surface area contributed by atoms with Crippen molar-refractivity contribution in [3.63, 3.8) is 0 Å². The molecule has 0 N–H and O–H groups in total. The van der Waals surface area contributed by atoms with E-state index >= 15 is 0 Å². The second-order valence-corrected chi connectivity index (χ2v) is 8.39. The molecular formula is C24H30ClN3O3. The summed E-state index contributed by atoms with van der Waals surface area (Å²) in [6.45, 7) is 7.42. The number of hydrogen-bond donors (Lipinski definition) is 0. The van der Waals surface area contributed by atoms with Gasteiger partial charge in [-0.2, -0.15) is 0 Å². The lowest BCUT2D eigenvalue weighted by molar-refractivity contribution is 0.0218. The highest BCUT2D eigenvalue weighted by Crippen LogP contribution is 2.30. The van der Waals surface area contributed by atoms with Crippen LogP contribution in [0.1, 0.15) is 17.2 Å². The van der Waals surface area contributed by atoms with Gasteiger partial charge in [-0.3, -0.25) is 9.80 Å². The molecule has 1 unspecified atom stereocenters. The molecule has 6 nitrogen and oxygen atoms in total. The number of amides is 1. The molecule has 166 valence electrons. The Morgan fingerprint density at radius 2 is 1.55 bits per heavy atom.